The molecule has 22 nitrogen and oxygen atoms in total. The SMILES string of the molecule is CC(C)=CCc1cc(-c2oc3cc(O[C@@H]4O[C@H](CO)[C@@H](O)[C@H](O)[C@H]4O[C@@H]4O[C@H](CO)[C@@H](O)[C@H](O)[C@H]4O)cc(O)c3c(=O)c2CO)cc(O)c1O[C@@H]1O[C@H](CO)[C@@H](O)[C@H](O)[C@H]1O. The molecule has 3 aliphatic rings. The monoisotopic (exact) mass is 870 g/mol. The highest BCUT2D eigenvalue weighted by atomic mass is 16.8. The van der Waals surface area contributed by atoms with E-state index in [0.29, 0.717) is 0 Å². The molecule has 3 fully saturated rings. The molecule has 0 radical (unpaired) electrons. The third kappa shape index (κ3) is 9.21. The van der Waals surface area contributed by atoms with E-state index in [2.05, 4.69) is 0 Å². The summed E-state index contributed by atoms with van der Waals surface area (Å²) in [6.45, 7) is 0.247. The summed E-state index contributed by atoms with van der Waals surface area (Å²) < 4.78 is 40.0. The molecule has 0 saturated carbocycles. The van der Waals surface area contributed by atoms with E-state index in [-0.39, 0.29) is 46.0 Å². The van der Waals surface area contributed by atoms with Crippen LogP contribution < -0.4 is 14.9 Å². The Bertz CT molecular complexity index is 2080. The van der Waals surface area contributed by atoms with Crippen LogP contribution in [0, 0.1) is 0 Å². The van der Waals surface area contributed by atoms with Crippen molar-refractivity contribution in [3.63, 3.8) is 0 Å². The average molecular weight is 871 g/mol. The Hall–Kier alpha value is -4.05. The molecule has 1 aromatic heterocycles. The van der Waals surface area contributed by atoms with Crippen LogP contribution in [-0.2, 0) is 32.0 Å². The number of allylic oxidation sites excluding steroid dienone is 2. The summed E-state index contributed by atoms with van der Waals surface area (Å²) in [5.74, 6) is -2.23. The largest absolute Gasteiger partial charge is 0.507 e. The zero-order chi connectivity index (χ0) is 44.6. The standard InChI is InChI=1S/C39H50O22/c1-13(2)3-4-14-5-15(6-19(45)35(14)60-37-32(53)29(50)26(47)21(10-41)57-37)34-17(9-40)25(46)24-18(44)7-16(8-20(24)56-34)55-39-36(31(52)28(49)23(12-43)59-39)61-38-33(54)30(51)27(48)22(11-42)58-38/h3,5-8,21-23,26-33,36-45,47-54H,4,9-12H2,1-2H3/t21-,22-,23-,26-,27-,28-,29+,30+,31+,32-,33-,36-,37+,38+,39-/m1/s1. The molecule has 0 amide bonds. The minimum atomic E-state index is -1.95. The van der Waals surface area contributed by atoms with Crippen LogP contribution in [0.4, 0.5) is 0 Å². The zero-order valence-corrected chi connectivity index (χ0v) is 32.6. The molecule has 3 aromatic rings. The lowest BCUT2D eigenvalue weighted by atomic mass is 9.97. The molecule has 6 rings (SSSR count). The number of aliphatic hydroxyl groups is 12. The molecule has 0 bridgehead atoms. The van der Waals surface area contributed by atoms with Gasteiger partial charge in [-0.1, -0.05) is 11.6 Å². The fourth-order valence-electron chi connectivity index (χ4n) is 7.21. The van der Waals surface area contributed by atoms with Gasteiger partial charge in [0.15, 0.2) is 23.9 Å². The predicted molar refractivity (Wildman–Crippen MR) is 202 cm³/mol. The van der Waals surface area contributed by atoms with E-state index in [1.807, 2.05) is 0 Å². The fourth-order valence-corrected chi connectivity index (χ4v) is 7.21. The number of aliphatic hydroxyl groups excluding tert-OH is 12. The van der Waals surface area contributed by atoms with Gasteiger partial charge in [0.1, 0.15) is 95.4 Å². The Kier molecular flexibility index (Phi) is 14.6. The van der Waals surface area contributed by atoms with Gasteiger partial charge < -0.3 is 104 Å². The summed E-state index contributed by atoms with van der Waals surface area (Å²) in [6, 6.07) is 4.55. The third-order valence-electron chi connectivity index (χ3n) is 10.6. The van der Waals surface area contributed by atoms with Crippen molar-refractivity contribution in [2.24, 2.45) is 0 Å². The normalized spacial score (nSPS) is 34.3. The topological polar surface area (TPSA) is 369 Å². The van der Waals surface area contributed by atoms with Crippen LogP contribution in [0.15, 0.2) is 45.1 Å². The van der Waals surface area contributed by atoms with Gasteiger partial charge in [-0.15, -0.1) is 0 Å². The van der Waals surface area contributed by atoms with E-state index in [1.165, 1.54) is 6.07 Å². The molecule has 338 valence electrons. The van der Waals surface area contributed by atoms with Gasteiger partial charge in [0.05, 0.1) is 32.0 Å². The van der Waals surface area contributed by atoms with Crippen molar-refractivity contribution in [2.75, 3.05) is 19.8 Å². The summed E-state index contributed by atoms with van der Waals surface area (Å²) in [5, 5.41) is 145. The van der Waals surface area contributed by atoms with E-state index in [0.717, 1.165) is 23.8 Å². The highest BCUT2D eigenvalue weighted by Gasteiger charge is 2.51. The predicted octanol–water partition coefficient (Wildman–Crippen LogP) is -3.95. The maximum Gasteiger partial charge on any atom is 0.229 e. The minimum Gasteiger partial charge on any atom is -0.507 e. The van der Waals surface area contributed by atoms with Gasteiger partial charge in [-0.25, -0.2) is 0 Å². The number of rotatable bonds is 13. The smallest absolute Gasteiger partial charge is 0.229 e. The van der Waals surface area contributed by atoms with E-state index >= 15 is 0 Å². The third-order valence-corrected chi connectivity index (χ3v) is 10.6. The highest BCUT2D eigenvalue weighted by molar-refractivity contribution is 5.87. The van der Waals surface area contributed by atoms with Crippen LogP contribution in [0.25, 0.3) is 22.3 Å². The first-order valence-corrected chi connectivity index (χ1v) is 19.1. The summed E-state index contributed by atoms with van der Waals surface area (Å²) in [6.07, 6.45) is -24.2. The van der Waals surface area contributed by atoms with Crippen molar-refractivity contribution >= 4 is 11.0 Å². The minimum absolute atomic E-state index is 0.00354. The molecular weight excluding hydrogens is 820 g/mol. The van der Waals surface area contributed by atoms with Crippen molar-refractivity contribution in [1.82, 2.24) is 0 Å². The number of phenolic OH excluding ortho intramolecular Hbond substituents is 2. The molecule has 61 heavy (non-hydrogen) atoms. The number of fused-ring (bicyclic) bond motifs is 1. The van der Waals surface area contributed by atoms with Crippen molar-refractivity contribution in [2.45, 2.75) is 119 Å². The number of ether oxygens (including phenoxy) is 6. The molecule has 2 aromatic carbocycles. The lowest BCUT2D eigenvalue weighted by molar-refractivity contribution is -0.357. The number of hydrogen-bond acceptors (Lipinski definition) is 22. The van der Waals surface area contributed by atoms with Gasteiger partial charge in [-0.3, -0.25) is 4.79 Å². The van der Waals surface area contributed by atoms with E-state index < -0.39 is 141 Å². The van der Waals surface area contributed by atoms with Crippen molar-refractivity contribution in [1.29, 1.82) is 0 Å². The van der Waals surface area contributed by atoms with Gasteiger partial charge in [0, 0.05) is 23.3 Å². The van der Waals surface area contributed by atoms with Gasteiger partial charge in [-0.05, 0) is 32.4 Å². The lowest BCUT2D eigenvalue weighted by Crippen LogP contribution is -2.65. The Balaban J connectivity index is 1.39. The van der Waals surface area contributed by atoms with Gasteiger partial charge >= 0.3 is 0 Å². The van der Waals surface area contributed by atoms with Gasteiger partial charge in [-0.2, -0.15) is 0 Å². The van der Waals surface area contributed by atoms with E-state index in [9.17, 15) is 76.3 Å². The summed E-state index contributed by atoms with van der Waals surface area (Å²) in [5.41, 5.74) is -0.602. The Labute approximate surface area is 345 Å². The summed E-state index contributed by atoms with van der Waals surface area (Å²) in [4.78, 5) is 13.9. The first-order valence-electron chi connectivity index (χ1n) is 19.1. The van der Waals surface area contributed by atoms with Crippen LogP contribution >= 0.6 is 0 Å². The Morgan fingerprint density at radius 2 is 1.21 bits per heavy atom. The Morgan fingerprint density at radius 1 is 0.656 bits per heavy atom. The molecule has 4 heterocycles. The molecule has 14 N–H and O–H groups in total. The van der Waals surface area contributed by atoms with Crippen LogP contribution in [0.5, 0.6) is 23.0 Å². The van der Waals surface area contributed by atoms with Crippen molar-refractivity contribution in [3.8, 4) is 34.3 Å². The van der Waals surface area contributed by atoms with Gasteiger partial charge in [0.25, 0.3) is 0 Å². The van der Waals surface area contributed by atoms with Crippen LogP contribution in [0.1, 0.15) is 25.0 Å². The number of aromatic hydroxyl groups is 2. The second-order valence-electron chi connectivity index (χ2n) is 15.1. The molecule has 15 atom stereocenters. The number of benzene rings is 2. The summed E-state index contributed by atoms with van der Waals surface area (Å²) in [7, 11) is 0. The van der Waals surface area contributed by atoms with Crippen molar-refractivity contribution in [3.05, 3.63) is 57.3 Å². The van der Waals surface area contributed by atoms with Crippen LogP contribution in [0.2, 0.25) is 0 Å². The molecule has 0 aliphatic carbocycles. The molecule has 0 unspecified atom stereocenters. The summed E-state index contributed by atoms with van der Waals surface area (Å²) >= 11 is 0. The maximum atomic E-state index is 13.9. The Morgan fingerprint density at radius 3 is 1.79 bits per heavy atom. The quantitative estimate of drug-likeness (QED) is 0.0729. The second kappa shape index (κ2) is 19.1. The number of hydrogen-bond donors (Lipinski definition) is 14. The van der Waals surface area contributed by atoms with E-state index in [4.69, 9.17) is 32.8 Å². The highest BCUT2D eigenvalue weighted by Crippen LogP contribution is 2.41. The van der Waals surface area contributed by atoms with Crippen LogP contribution in [0.3, 0.4) is 0 Å². The molecule has 22 heteroatoms. The van der Waals surface area contributed by atoms with Crippen LogP contribution in [-0.4, -0.2) is 183 Å². The maximum absolute atomic E-state index is 13.9. The average Bonchev–Trinajstić information content (AvgIpc) is 3.22. The fraction of sp³-hybridized carbons (Fsp3) is 0.564. The molecule has 3 aliphatic heterocycles. The van der Waals surface area contributed by atoms with Crippen molar-refractivity contribution < 1.29 is 104 Å². The zero-order valence-electron chi connectivity index (χ0n) is 32.6. The van der Waals surface area contributed by atoms with E-state index in [1.54, 1.807) is 19.9 Å². The second-order valence-corrected chi connectivity index (χ2v) is 15.1. The lowest BCUT2D eigenvalue weighted by Gasteiger charge is -2.45. The number of phenols is 2. The molecule has 0 spiro atoms. The molecular formula is C39H50O22. The van der Waals surface area contributed by atoms with Gasteiger partial charge in [0.2, 0.25) is 18.0 Å². The molecule has 3 saturated heterocycles. The first kappa shape index (κ1) is 46.5. The first-order chi connectivity index (χ1) is 28.9.